The maximum absolute atomic E-state index is 13.7. The van der Waals surface area contributed by atoms with Gasteiger partial charge in [-0.3, -0.25) is 9.59 Å². The average molecular weight is 536 g/mol. The number of allylic oxidation sites excluding steroid dienone is 7. The van der Waals surface area contributed by atoms with Crippen LogP contribution in [0.4, 0.5) is 0 Å². The van der Waals surface area contributed by atoms with Gasteiger partial charge in [-0.05, 0) is 97.7 Å². The topological polar surface area (TPSA) is 86.6 Å². The molecule has 0 spiro atoms. The second-order valence-corrected chi connectivity index (χ2v) is 14.8. The van der Waals surface area contributed by atoms with Crippen LogP contribution in [0.15, 0.2) is 46.3 Å². The summed E-state index contributed by atoms with van der Waals surface area (Å²) in [6.45, 7) is 15.8. The van der Waals surface area contributed by atoms with E-state index in [-0.39, 0.29) is 51.8 Å². The number of nitrogens with one attached hydrogen (secondary N) is 1. The van der Waals surface area contributed by atoms with Crippen LogP contribution >= 0.6 is 0 Å². The third-order valence-electron chi connectivity index (χ3n) is 12.6. The molecule has 5 nitrogen and oxygen atoms in total. The molecule has 0 aromatic carbocycles. The van der Waals surface area contributed by atoms with Crippen LogP contribution in [0.1, 0.15) is 106 Å². The highest BCUT2D eigenvalue weighted by Crippen LogP contribution is 2.75. The summed E-state index contributed by atoms with van der Waals surface area (Å²) in [7, 11) is 0. The van der Waals surface area contributed by atoms with E-state index in [4.69, 9.17) is 0 Å². The van der Waals surface area contributed by atoms with Gasteiger partial charge in [0.05, 0.1) is 12.6 Å². The zero-order valence-corrected chi connectivity index (χ0v) is 25.2. The molecule has 5 aliphatic carbocycles. The lowest BCUT2D eigenvalue weighted by Crippen LogP contribution is -2.62. The van der Waals surface area contributed by atoms with E-state index < -0.39 is 5.41 Å². The first-order valence-electron chi connectivity index (χ1n) is 15.2. The lowest BCUT2D eigenvalue weighted by Gasteiger charge is -2.70. The van der Waals surface area contributed by atoms with Gasteiger partial charge in [-0.25, -0.2) is 0 Å². The van der Waals surface area contributed by atoms with Crippen LogP contribution in [-0.4, -0.2) is 34.6 Å². The number of aliphatic hydroxyl groups is 2. The molecule has 0 radical (unpaired) electrons. The van der Waals surface area contributed by atoms with Crippen molar-refractivity contribution in [3.05, 3.63) is 46.3 Å². The summed E-state index contributed by atoms with van der Waals surface area (Å²) in [6.07, 6.45) is 14.9. The highest BCUT2D eigenvalue weighted by atomic mass is 16.3. The summed E-state index contributed by atoms with van der Waals surface area (Å²) in [6, 6.07) is -0.174. The average Bonchev–Trinajstić information content (AvgIpc) is 2.90. The van der Waals surface area contributed by atoms with E-state index in [2.05, 4.69) is 59.0 Å². The number of ketones is 1. The molecule has 7 atom stereocenters. The quantitative estimate of drug-likeness (QED) is 0.358. The van der Waals surface area contributed by atoms with Gasteiger partial charge in [0.2, 0.25) is 11.7 Å². The van der Waals surface area contributed by atoms with Crippen LogP contribution in [0.5, 0.6) is 0 Å². The predicted molar refractivity (Wildman–Crippen MR) is 155 cm³/mol. The molecule has 5 aliphatic rings. The van der Waals surface area contributed by atoms with Crippen LogP contribution < -0.4 is 5.32 Å². The molecule has 1 unspecified atom stereocenters. The van der Waals surface area contributed by atoms with E-state index in [0.29, 0.717) is 11.5 Å². The molecule has 5 rings (SSSR count). The van der Waals surface area contributed by atoms with Gasteiger partial charge >= 0.3 is 0 Å². The molecule has 3 N–H and O–H groups in total. The fourth-order valence-corrected chi connectivity index (χ4v) is 9.58. The van der Waals surface area contributed by atoms with Crippen LogP contribution in [0.2, 0.25) is 0 Å². The van der Waals surface area contributed by atoms with E-state index in [9.17, 15) is 19.8 Å². The minimum Gasteiger partial charge on any atom is -0.504 e. The molecule has 5 heteroatoms. The maximum atomic E-state index is 13.7. The number of rotatable bonds is 5. The Morgan fingerprint density at radius 1 is 1.05 bits per heavy atom. The standard InChI is InChI=1S/C34H49NO4/c1-8-9-22(20-36)35-29(39)31(4)13-12-30(3)14-16-33(6)26-11-10-23-21(2)28(38)25(37)18-24(23)32(26,5)15-17-34(33,7)27(30)19-31/h10-11,18,22,27,36,38H,8-9,12-17,19-20H2,1-7H3,(H,35,39)/t22?,27-,30-,31-,32+,33-,34+/m1/s1. The fourth-order valence-electron chi connectivity index (χ4n) is 9.58. The van der Waals surface area contributed by atoms with Crippen LogP contribution in [0.25, 0.3) is 0 Å². The van der Waals surface area contributed by atoms with Gasteiger partial charge in [0.1, 0.15) is 0 Å². The Bertz CT molecular complexity index is 1220. The summed E-state index contributed by atoms with van der Waals surface area (Å²) in [5.41, 5.74) is 3.64. The SMILES string of the molecule is CCCC(CO)NC(=O)[C@]1(C)CC[C@]2(C)CC[C@]3(C)C4=CC=C5C(=CC(=O)C(O)=C5C)[C@]4(C)CC[C@@]3(C)[C@@H]2C1. The molecule has 1 amide bonds. The third kappa shape index (κ3) is 3.89. The number of hydrogen-bond acceptors (Lipinski definition) is 4. The third-order valence-corrected chi connectivity index (χ3v) is 12.6. The largest absolute Gasteiger partial charge is 0.504 e. The van der Waals surface area contributed by atoms with Gasteiger partial charge < -0.3 is 15.5 Å². The normalized spacial score (nSPS) is 42.2. The molecule has 3 saturated carbocycles. The Morgan fingerprint density at radius 2 is 1.74 bits per heavy atom. The number of fused-ring (bicyclic) bond motifs is 7. The van der Waals surface area contributed by atoms with Crippen molar-refractivity contribution in [2.45, 2.75) is 112 Å². The second-order valence-electron chi connectivity index (χ2n) is 14.8. The van der Waals surface area contributed by atoms with Gasteiger partial charge in [0, 0.05) is 16.4 Å². The predicted octanol–water partition coefficient (Wildman–Crippen LogP) is 6.89. The lowest BCUT2D eigenvalue weighted by atomic mass is 9.34. The zero-order valence-electron chi connectivity index (χ0n) is 25.2. The first-order valence-corrected chi connectivity index (χ1v) is 15.2. The molecule has 214 valence electrons. The smallest absolute Gasteiger partial charge is 0.226 e. The van der Waals surface area contributed by atoms with Crippen molar-refractivity contribution in [2.24, 2.45) is 33.0 Å². The lowest BCUT2D eigenvalue weighted by molar-refractivity contribution is -0.169. The second kappa shape index (κ2) is 9.19. The summed E-state index contributed by atoms with van der Waals surface area (Å²) >= 11 is 0. The van der Waals surface area contributed by atoms with Gasteiger partial charge in [-0.15, -0.1) is 0 Å². The molecule has 0 bridgehead atoms. The first kappa shape index (κ1) is 28.4. The molecular formula is C34H49NO4. The van der Waals surface area contributed by atoms with Crippen molar-refractivity contribution in [1.29, 1.82) is 0 Å². The molecule has 3 fully saturated rings. The number of amides is 1. The van der Waals surface area contributed by atoms with E-state index in [0.717, 1.165) is 68.9 Å². The molecule has 0 heterocycles. The monoisotopic (exact) mass is 535 g/mol. The maximum Gasteiger partial charge on any atom is 0.226 e. The van der Waals surface area contributed by atoms with E-state index >= 15 is 0 Å². The Kier molecular flexibility index (Phi) is 6.69. The van der Waals surface area contributed by atoms with Crippen LogP contribution in [-0.2, 0) is 9.59 Å². The molecule has 0 saturated heterocycles. The van der Waals surface area contributed by atoms with Crippen LogP contribution in [0, 0.1) is 33.0 Å². The van der Waals surface area contributed by atoms with E-state index in [1.54, 1.807) is 6.08 Å². The van der Waals surface area contributed by atoms with Crippen molar-refractivity contribution >= 4 is 11.7 Å². The minimum atomic E-state index is -0.445. The number of carbonyl (C=O) groups excluding carboxylic acids is 2. The highest BCUT2D eigenvalue weighted by Gasteiger charge is 2.67. The van der Waals surface area contributed by atoms with Gasteiger partial charge in [-0.1, -0.05) is 65.7 Å². The summed E-state index contributed by atoms with van der Waals surface area (Å²) in [4.78, 5) is 26.4. The minimum absolute atomic E-state index is 0.0143. The Labute approximate surface area is 234 Å². The van der Waals surface area contributed by atoms with Crippen molar-refractivity contribution in [1.82, 2.24) is 5.32 Å². The van der Waals surface area contributed by atoms with Crippen molar-refractivity contribution in [3.8, 4) is 0 Å². The number of aliphatic hydroxyl groups excluding tert-OH is 2. The Morgan fingerprint density at radius 3 is 2.41 bits per heavy atom. The Balaban J connectivity index is 1.53. The Hall–Kier alpha value is -2.14. The molecule has 0 aromatic rings. The molecule has 0 aliphatic heterocycles. The highest BCUT2D eigenvalue weighted by molar-refractivity contribution is 6.06. The van der Waals surface area contributed by atoms with Gasteiger partial charge in [0.15, 0.2) is 5.76 Å². The number of carbonyl (C=O) groups is 2. The summed E-state index contributed by atoms with van der Waals surface area (Å²) in [5.74, 6) is 0.0875. The summed E-state index contributed by atoms with van der Waals surface area (Å²) in [5, 5.41) is 23.4. The first-order chi connectivity index (χ1) is 18.2. The molecule has 0 aromatic heterocycles. The van der Waals surface area contributed by atoms with E-state index in [1.807, 2.05) is 6.92 Å². The number of hydrogen-bond donors (Lipinski definition) is 3. The zero-order chi connectivity index (χ0) is 28.6. The van der Waals surface area contributed by atoms with Crippen LogP contribution in [0.3, 0.4) is 0 Å². The fraction of sp³-hybridized carbons (Fsp3) is 0.706. The van der Waals surface area contributed by atoms with Gasteiger partial charge in [-0.2, -0.15) is 0 Å². The van der Waals surface area contributed by atoms with Crippen molar-refractivity contribution < 1.29 is 19.8 Å². The molecular weight excluding hydrogens is 486 g/mol. The molecule has 39 heavy (non-hydrogen) atoms. The van der Waals surface area contributed by atoms with Crippen molar-refractivity contribution in [3.63, 3.8) is 0 Å². The van der Waals surface area contributed by atoms with E-state index in [1.165, 1.54) is 5.57 Å². The summed E-state index contributed by atoms with van der Waals surface area (Å²) < 4.78 is 0. The van der Waals surface area contributed by atoms with Gasteiger partial charge in [0.25, 0.3) is 0 Å². The van der Waals surface area contributed by atoms with Crippen molar-refractivity contribution in [2.75, 3.05) is 6.61 Å².